The second kappa shape index (κ2) is 14.8. The molecule has 2 aliphatic rings. The normalized spacial score (nSPS) is 32.1. The van der Waals surface area contributed by atoms with Crippen molar-refractivity contribution < 1.29 is 64.0 Å². The molecule has 2 saturated heterocycles. The summed E-state index contributed by atoms with van der Waals surface area (Å²) in [5, 5.41) is 64.3. The summed E-state index contributed by atoms with van der Waals surface area (Å²) in [5.41, 5.74) is -6.29. The maximum absolute atomic E-state index is 13.0. The number of esters is 1. The van der Waals surface area contributed by atoms with E-state index in [1.165, 1.54) is 0 Å². The van der Waals surface area contributed by atoms with Crippen molar-refractivity contribution in [1.82, 2.24) is 0 Å². The lowest BCUT2D eigenvalue weighted by Crippen LogP contribution is -2.78. The molecule has 46 heavy (non-hydrogen) atoms. The maximum atomic E-state index is 13.0. The maximum Gasteiger partial charge on any atom is 0.344 e. The first-order valence-electron chi connectivity index (χ1n) is 15.9. The summed E-state index contributed by atoms with van der Waals surface area (Å²) >= 11 is 0. The van der Waals surface area contributed by atoms with E-state index in [1.54, 1.807) is 6.92 Å². The van der Waals surface area contributed by atoms with Crippen LogP contribution < -0.4 is 0 Å². The number of benzene rings is 1. The van der Waals surface area contributed by atoms with E-state index in [1.807, 2.05) is 51.1 Å². The number of ether oxygens (including phenoxy) is 3. The molecule has 1 aromatic carbocycles. The van der Waals surface area contributed by atoms with Gasteiger partial charge in [0.25, 0.3) is 0 Å². The first-order chi connectivity index (χ1) is 21.5. The molecule has 11 atom stereocenters. The molecule has 13 heteroatoms. The minimum atomic E-state index is -3.82. The van der Waals surface area contributed by atoms with Crippen LogP contribution >= 0.6 is 0 Å². The zero-order chi connectivity index (χ0) is 34.6. The molecule has 6 N–H and O–H groups in total. The number of rotatable bonds is 17. The first-order valence-corrected chi connectivity index (χ1v) is 15.9. The van der Waals surface area contributed by atoms with Crippen LogP contribution in [-0.2, 0) is 39.8 Å². The van der Waals surface area contributed by atoms with Crippen LogP contribution in [0.1, 0.15) is 78.7 Å². The summed E-state index contributed by atoms with van der Waals surface area (Å²) in [5.74, 6) is -10.3. The van der Waals surface area contributed by atoms with Crippen molar-refractivity contribution in [2.45, 2.75) is 121 Å². The number of fused-ring (bicyclic) bond motifs is 2. The molecule has 0 aromatic heterocycles. The van der Waals surface area contributed by atoms with E-state index >= 15 is 0 Å². The zero-order valence-electron chi connectivity index (χ0n) is 27.0. The minimum Gasteiger partial charge on any atom is -0.479 e. The lowest BCUT2D eigenvalue weighted by Gasteiger charge is -2.48. The highest BCUT2D eigenvalue weighted by molar-refractivity contribution is 5.98. The highest BCUT2D eigenvalue weighted by Gasteiger charge is 2.85. The quantitative estimate of drug-likeness (QED) is 0.134. The van der Waals surface area contributed by atoms with E-state index in [-0.39, 0.29) is 24.7 Å². The van der Waals surface area contributed by atoms with Gasteiger partial charge in [-0.25, -0.2) is 14.4 Å². The number of hydrogen-bond acceptors (Lipinski definition) is 10. The van der Waals surface area contributed by atoms with Gasteiger partial charge in [-0.3, -0.25) is 4.79 Å². The van der Waals surface area contributed by atoms with Crippen LogP contribution in [0.25, 0.3) is 0 Å². The van der Waals surface area contributed by atoms with Crippen molar-refractivity contribution in [3.8, 4) is 0 Å². The van der Waals surface area contributed by atoms with Crippen molar-refractivity contribution in [1.29, 1.82) is 0 Å². The number of aliphatic carboxylic acids is 3. The molecule has 0 radical (unpaired) electrons. The van der Waals surface area contributed by atoms with Gasteiger partial charge in [0.2, 0.25) is 23.1 Å². The molecule has 0 unspecified atom stereocenters. The average molecular weight is 653 g/mol. The molecule has 2 aliphatic heterocycles. The van der Waals surface area contributed by atoms with E-state index in [9.17, 15) is 49.8 Å². The Labute approximate surface area is 268 Å². The van der Waals surface area contributed by atoms with Crippen molar-refractivity contribution in [2.24, 2.45) is 23.7 Å². The number of aliphatic hydroxyl groups excluding tert-OH is 2. The molecule has 2 fully saturated rings. The predicted octanol–water partition coefficient (Wildman–Crippen LogP) is 2.62. The lowest BCUT2D eigenvalue weighted by molar-refractivity contribution is -0.374. The Morgan fingerprint density at radius 2 is 1.57 bits per heavy atom. The highest BCUT2D eigenvalue weighted by Crippen LogP contribution is 2.56. The molecule has 2 heterocycles. The summed E-state index contributed by atoms with van der Waals surface area (Å²) in [7, 11) is 0. The number of carboxylic acids is 3. The topological polar surface area (TPSA) is 217 Å². The van der Waals surface area contributed by atoms with Gasteiger partial charge in [-0.05, 0) is 54.9 Å². The number of carbonyl (C=O) groups excluding carboxylic acids is 1. The Hall–Kier alpha value is -3.10. The zero-order valence-corrected chi connectivity index (χ0v) is 27.0. The van der Waals surface area contributed by atoms with Gasteiger partial charge in [-0.1, -0.05) is 71.4 Å². The summed E-state index contributed by atoms with van der Waals surface area (Å²) in [4.78, 5) is 50.7. The smallest absolute Gasteiger partial charge is 0.344 e. The van der Waals surface area contributed by atoms with Gasteiger partial charge in [0.05, 0.1) is 6.10 Å². The molecule has 1 aromatic rings. The SMILES string of the molecule is CC[C@H](C)C[C@H](C)CCC(=O)O[C@@H]1[C@@H](O)[C@@]2(CC[C@@H](C)[C@@H](O)[C@H](C)Cc3ccccc3)O[C@H](C(=O)O)[C@@](O)(C(=O)O)[C@]1(C(=O)O)O2. The number of carboxylic acid groups (broad SMARTS) is 3. The van der Waals surface area contributed by atoms with Gasteiger partial charge in [0.1, 0.15) is 6.10 Å². The average Bonchev–Trinajstić information content (AvgIpc) is 3.22. The minimum absolute atomic E-state index is 0.0152. The van der Waals surface area contributed by atoms with E-state index < -0.39 is 77.6 Å². The van der Waals surface area contributed by atoms with Gasteiger partial charge >= 0.3 is 23.9 Å². The molecule has 0 amide bonds. The molecular formula is C33H48O13. The molecule has 0 aliphatic carbocycles. The van der Waals surface area contributed by atoms with Crippen molar-refractivity contribution in [2.75, 3.05) is 0 Å². The third kappa shape index (κ3) is 7.08. The Balaban J connectivity index is 1.92. The van der Waals surface area contributed by atoms with E-state index in [0.717, 1.165) is 18.4 Å². The summed E-state index contributed by atoms with van der Waals surface area (Å²) in [6.07, 6.45) is -6.26. The largest absolute Gasteiger partial charge is 0.479 e. The van der Waals surface area contributed by atoms with E-state index in [4.69, 9.17) is 14.2 Å². The first kappa shape index (κ1) is 37.4. The van der Waals surface area contributed by atoms with Crippen molar-refractivity contribution in [3.05, 3.63) is 35.9 Å². The van der Waals surface area contributed by atoms with Crippen LogP contribution in [0, 0.1) is 23.7 Å². The van der Waals surface area contributed by atoms with Gasteiger partial charge < -0.3 is 44.8 Å². The van der Waals surface area contributed by atoms with Gasteiger partial charge in [0.15, 0.2) is 6.10 Å². The second-order valence-corrected chi connectivity index (χ2v) is 13.3. The van der Waals surface area contributed by atoms with Crippen LogP contribution in [0.4, 0.5) is 0 Å². The highest BCUT2D eigenvalue weighted by atomic mass is 16.8. The van der Waals surface area contributed by atoms with E-state index in [0.29, 0.717) is 18.8 Å². The van der Waals surface area contributed by atoms with Crippen molar-refractivity contribution >= 4 is 23.9 Å². The van der Waals surface area contributed by atoms with Crippen LogP contribution in [0.2, 0.25) is 0 Å². The molecule has 0 saturated carbocycles. The molecule has 2 bridgehead atoms. The van der Waals surface area contributed by atoms with Crippen LogP contribution in [0.5, 0.6) is 0 Å². The Morgan fingerprint density at radius 3 is 2.11 bits per heavy atom. The number of aliphatic hydroxyl groups is 3. The second-order valence-electron chi connectivity index (χ2n) is 13.3. The molecule has 13 nitrogen and oxygen atoms in total. The fraction of sp³-hybridized carbons (Fsp3) is 0.697. The number of carbonyl (C=O) groups is 4. The standard InChI is InChI=1S/C33H48O13/c1-6-18(2)16-19(3)12-13-23(34)44-26-25(36)31(15-14-20(4)24(35)21(5)17-22-10-8-7-9-11-22)45-27(28(37)38)32(43,29(39)40)33(26,46-31)30(41)42/h7-11,18-21,24-27,35-36,43H,6,12-17H2,1-5H3,(H,37,38)(H,39,40)(H,41,42)/t18-,19+,20+,21+,24+,25+,26+,27+,31-,32+,33-/m0/s1. The van der Waals surface area contributed by atoms with Gasteiger partial charge in [-0.15, -0.1) is 0 Å². The third-order valence-electron chi connectivity index (χ3n) is 9.72. The molecular weight excluding hydrogens is 604 g/mol. The Kier molecular flexibility index (Phi) is 12.0. The fourth-order valence-corrected chi connectivity index (χ4v) is 6.75. The number of hydrogen-bond donors (Lipinski definition) is 6. The predicted molar refractivity (Wildman–Crippen MR) is 161 cm³/mol. The molecule has 0 spiro atoms. The van der Waals surface area contributed by atoms with E-state index in [2.05, 4.69) is 6.92 Å². The monoisotopic (exact) mass is 652 g/mol. The summed E-state index contributed by atoms with van der Waals surface area (Å²) < 4.78 is 16.6. The third-order valence-corrected chi connectivity index (χ3v) is 9.72. The van der Waals surface area contributed by atoms with Gasteiger partial charge in [0, 0.05) is 12.8 Å². The van der Waals surface area contributed by atoms with Gasteiger partial charge in [-0.2, -0.15) is 0 Å². The summed E-state index contributed by atoms with van der Waals surface area (Å²) in [6.45, 7) is 9.56. The Bertz CT molecular complexity index is 1240. The molecule has 3 rings (SSSR count). The van der Waals surface area contributed by atoms with Crippen LogP contribution in [0.15, 0.2) is 30.3 Å². The fourth-order valence-electron chi connectivity index (χ4n) is 6.75. The van der Waals surface area contributed by atoms with Crippen LogP contribution in [-0.4, -0.2) is 95.9 Å². The van der Waals surface area contributed by atoms with Crippen molar-refractivity contribution in [3.63, 3.8) is 0 Å². The van der Waals surface area contributed by atoms with Crippen LogP contribution in [0.3, 0.4) is 0 Å². The lowest BCUT2D eigenvalue weighted by atomic mass is 9.74. The Morgan fingerprint density at radius 1 is 0.935 bits per heavy atom. The molecule has 258 valence electrons. The summed E-state index contributed by atoms with van der Waals surface area (Å²) in [6, 6.07) is 9.45.